The molecule has 0 saturated heterocycles. The number of carbonyl (C=O) groups is 1. The fourth-order valence-electron chi connectivity index (χ4n) is 5.14. The van der Waals surface area contributed by atoms with Crippen LogP contribution in [0.2, 0.25) is 5.02 Å². The third-order valence-electron chi connectivity index (χ3n) is 6.84. The molecule has 2 fully saturated rings. The molecule has 2 saturated carbocycles. The molecule has 4 heteroatoms. The molecule has 2 atom stereocenters. The average Bonchev–Trinajstić information content (AvgIpc) is 2.69. The maximum Gasteiger partial charge on any atom is 0.311 e. The van der Waals surface area contributed by atoms with Crippen molar-refractivity contribution in [3.63, 3.8) is 0 Å². The van der Waals surface area contributed by atoms with Crippen molar-refractivity contribution >= 4 is 17.6 Å². The molecule has 0 aliphatic heterocycles. The van der Waals surface area contributed by atoms with E-state index in [0.29, 0.717) is 12.3 Å². The van der Waals surface area contributed by atoms with Crippen LogP contribution in [0.15, 0.2) is 18.2 Å². The normalized spacial score (nSPS) is 28.7. The highest BCUT2D eigenvalue weighted by Crippen LogP contribution is 2.43. The summed E-state index contributed by atoms with van der Waals surface area (Å²) >= 11 is 5.66. The zero-order valence-corrected chi connectivity index (χ0v) is 17.1. The van der Waals surface area contributed by atoms with E-state index in [9.17, 15) is 9.18 Å². The number of carbonyl (C=O) groups excluding carboxylic acids is 1. The Morgan fingerprint density at radius 1 is 1.11 bits per heavy atom. The average molecular weight is 395 g/mol. The Hall–Kier alpha value is -1.09. The van der Waals surface area contributed by atoms with Crippen molar-refractivity contribution in [3.05, 3.63) is 29.0 Å². The molecule has 27 heavy (non-hydrogen) atoms. The van der Waals surface area contributed by atoms with E-state index in [1.54, 1.807) is 0 Å². The molecule has 0 heterocycles. The number of hydrogen-bond donors (Lipinski definition) is 0. The van der Waals surface area contributed by atoms with Gasteiger partial charge in [-0.25, -0.2) is 4.39 Å². The van der Waals surface area contributed by atoms with Gasteiger partial charge in [0.1, 0.15) is 11.6 Å². The van der Waals surface area contributed by atoms with Crippen LogP contribution in [0.25, 0.3) is 0 Å². The van der Waals surface area contributed by atoms with Gasteiger partial charge in [0.15, 0.2) is 0 Å². The summed E-state index contributed by atoms with van der Waals surface area (Å²) < 4.78 is 18.7. The lowest BCUT2D eigenvalue weighted by molar-refractivity contribution is -0.134. The molecular formula is C23H32ClFO2. The summed E-state index contributed by atoms with van der Waals surface area (Å²) in [6.07, 6.45) is 13.4. The molecule has 1 aromatic rings. The van der Waals surface area contributed by atoms with Gasteiger partial charge in [0, 0.05) is 12.5 Å². The van der Waals surface area contributed by atoms with E-state index in [1.807, 2.05) is 0 Å². The van der Waals surface area contributed by atoms with E-state index in [4.69, 9.17) is 16.3 Å². The summed E-state index contributed by atoms with van der Waals surface area (Å²) in [6, 6.07) is 4.12. The quantitative estimate of drug-likeness (QED) is 0.377. The van der Waals surface area contributed by atoms with Gasteiger partial charge < -0.3 is 4.74 Å². The monoisotopic (exact) mass is 394 g/mol. The summed E-state index contributed by atoms with van der Waals surface area (Å²) in [5, 5.41) is 0.0380. The van der Waals surface area contributed by atoms with Crippen molar-refractivity contribution in [1.82, 2.24) is 0 Å². The Morgan fingerprint density at radius 2 is 1.89 bits per heavy atom. The number of rotatable bonds is 6. The van der Waals surface area contributed by atoms with Gasteiger partial charge in [-0.05, 0) is 61.5 Å². The fraction of sp³-hybridized carbons (Fsp3) is 0.696. The molecule has 0 spiro atoms. The van der Waals surface area contributed by atoms with E-state index >= 15 is 0 Å². The van der Waals surface area contributed by atoms with E-state index in [1.165, 1.54) is 76.0 Å². The number of esters is 1. The van der Waals surface area contributed by atoms with Crippen molar-refractivity contribution in [2.75, 3.05) is 0 Å². The zero-order valence-electron chi connectivity index (χ0n) is 16.4. The van der Waals surface area contributed by atoms with Gasteiger partial charge in [0.05, 0.1) is 5.02 Å². The van der Waals surface area contributed by atoms with Crippen LogP contribution in [-0.2, 0) is 4.79 Å². The van der Waals surface area contributed by atoms with Gasteiger partial charge in [0.2, 0.25) is 0 Å². The summed E-state index contributed by atoms with van der Waals surface area (Å²) in [7, 11) is 0. The van der Waals surface area contributed by atoms with E-state index in [2.05, 4.69) is 6.92 Å². The van der Waals surface area contributed by atoms with Crippen LogP contribution in [0.1, 0.15) is 77.6 Å². The molecule has 0 amide bonds. The minimum atomic E-state index is -0.560. The summed E-state index contributed by atoms with van der Waals surface area (Å²) in [6.45, 7) is 2.32. The molecule has 0 radical (unpaired) electrons. The topological polar surface area (TPSA) is 26.3 Å². The van der Waals surface area contributed by atoms with Crippen LogP contribution < -0.4 is 4.74 Å². The lowest BCUT2D eigenvalue weighted by Gasteiger charge is -2.38. The highest BCUT2D eigenvalue weighted by atomic mass is 35.5. The Kier molecular flexibility index (Phi) is 7.57. The SMILES string of the molecule is CCC1CCC([C@H]2CCCC(CCC(=O)Oc3ccc(Cl)c(F)c3)C2)CC1. The maximum atomic E-state index is 13.4. The van der Waals surface area contributed by atoms with E-state index in [0.717, 1.165) is 24.2 Å². The first-order valence-electron chi connectivity index (χ1n) is 10.7. The number of halogens is 2. The third kappa shape index (κ3) is 5.94. The molecule has 0 aromatic heterocycles. The minimum absolute atomic E-state index is 0.0380. The van der Waals surface area contributed by atoms with Crippen LogP contribution in [-0.4, -0.2) is 5.97 Å². The van der Waals surface area contributed by atoms with E-state index in [-0.39, 0.29) is 16.7 Å². The second-order valence-electron chi connectivity index (χ2n) is 8.57. The predicted octanol–water partition coefficient (Wildman–Crippen LogP) is 7.19. The Balaban J connectivity index is 1.42. The van der Waals surface area contributed by atoms with Crippen LogP contribution in [0.5, 0.6) is 5.75 Å². The molecule has 0 N–H and O–H groups in total. The molecule has 150 valence electrons. The van der Waals surface area contributed by atoms with Gasteiger partial charge >= 0.3 is 5.97 Å². The number of benzene rings is 1. The maximum absolute atomic E-state index is 13.4. The molecule has 2 nitrogen and oxygen atoms in total. The lowest BCUT2D eigenvalue weighted by Crippen LogP contribution is -2.27. The molecule has 3 rings (SSSR count). The summed E-state index contributed by atoms with van der Waals surface area (Å²) in [5.41, 5.74) is 0. The smallest absolute Gasteiger partial charge is 0.311 e. The summed E-state index contributed by atoms with van der Waals surface area (Å²) in [4.78, 5) is 12.1. The minimum Gasteiger partial charge on any atom is -0.426 e. The molecule has 1 unspecified atom stereocenters. The molecule has 2 aliphatic carbocycles. The van der Waals surface area contributed by atoms with Crippen molar-refractivity contribution in [3.8, 4) is 5.75 Å². The van der Waals surface area contributed by atoms with Crippen molar-refractivity contribution in [2.24, 2.45) is 23.7 Å². The van der Waals surface area contributed by atoms with Crippen LogP contribution in [0, 0.1) is 29.5 Å². The first-order valence-corrected chi connectivity index (χ1v) is 11.1. The van der Waals surface area contributed by atoms with Crippen LogP contribution >= 0.6 is 11.6 Å². The second kappa shape index (κ2) is 9.91. The van der Waals surface area contributed by atoms with Gasteiger partial charge in [-0.3, -0.25) is 4.79 Å². The Morgan fingerprint density at radius 3 is 2.59 bits per heavy atom. The number of hydrogen-bond acceptors (Lipinski definition) is 2. The first-order chi connectivity index (χ1) is 13.0. The molecule has 0 bridgehead atoms. The third-order valence-corrected chi connectivity index (χ3v) is 7.14. The zero-order chi connectivity index (χ0) is 19.2. The van der Waals surface area contributed by atoms with Gasteiger partial charge in [-0.1, -0.05) is 57.0 Å². The van der Waals surface area contributed by atoms with E-state index < -0.39 is 5.82 Å². The largest absolute Gasteiger partial charge is 0.426 e. The van der Waals surface area contributed by atoms with Crippen molar-refractivity contribution < 1.29 is 13.9 Å². The van der Waals surface area contributed by atoms with Crippen molar-refractivity contribution in [1.29, 1.82) is 0 Å². The van der Waals surface area contributed by atoms with Crippen molar-refractivity contribution in [2.45, 2.75) is 77.6 Å². The predicted molar refractivity (Wildman–Crippen MR) is 107 cm³/mol. The Bertz CT molecular complexity index is 625. The molecule has 2 aliphatic rings. The van der Waals surface area contributed by atoms with Gasteiger partial charge in [-0.2, -0.15) is 0 Å². The van der Waals surface area contributed by atoms with Gasteiger partial charge in [0.25, 0.3) is 0 Å². The highest BCUT2D eigenvalue weighted by molar-refractivity contribution is 6.30. The highest BCUT2D eigenvalue weighted by Gasteiger charge is 2.31. The fourth-order valence-corrected chi connectivity index (χ4v) is 5.25. The van der Waals surface area contributed by atoms with Gasteiger partial charge in [-0.15, -0.1) is 0 Å². The molecule has 1 aromatic carbocycles. The molecular weight excluding hydrogens is 363 g/mol. The van der Waals surface area contributed by atoms with Crippen LogP contribution in [0.4, 0.5) is 4.39 Å². The lowest BCUT2D eigenvalue weighted by atomic mass is 9.68. The number of ether oxygens (including phenoxy) is 1. The standard InChI is InChI=1S/C23H32ClFO2/c1-2-16-6-9-18(10-7-16)19-5-3-4-17(14-19)8-13-23(26)27-20-11-12-21(24)22(25)15-20/h11-12,15-19H,2-10,13-14H2,1H3/t16?,17?,18?,19-/m0/s1. The second-order valence-corrected chi connectivity index (χ2v) is 8.98. The summed E-state index contributed by atoms with van der Waals surface area (Å²) in [5.74, 6) is 2.73. The van der Waals surface area contributed by atoms with Crippen LogP contribution in [0.3, 0.4) is 0 Å². The Labute approximate surface area is 167 Å². The first kappa shape index (κ1) is 20.6.